The molecule has 0 aliphatic carbocycles. The lowest BCUT2D eigenvalue weighted by atomic mass is 10.1. The minimum atomic E-state index is -0.976. The molecule has 0 fully saturated rings. The van der Waals surface area contributed by atoms with Crippen molar-refractivity contribution < 1.29 is 24.5 Å². The van der Waals surface area contributed by atoms with Gasteiger partial charge in [0.25, 0.3) is 0 Å². The van der Waals surface area contributed by atoms with Crippen LogP contribution in [0, 0.1) is 0 Å². The Balaban J connectivity index is 4.08. The highest BCUT2D eigenvalue weighted by molar-refractivity contribution is 5.71. The quantitative estimate of drug-likeness (QED) is 0.478. The smallest absolute Gasteiger partial charge is 0.308 e. The van der Waals surface area contributed by atoms with Crippen molar-refractivity contribution in [3.63, 3.8) is 0 Å². The first kappa shape index (κ1) is 15.9. The Labute approximate surface area is 102 Å². The van der Waals surface area contributed by atoms with Crippen LogP contribution in [0.3, 0.4) is 0 Å². The van der Waals surface area contributed by atoms with Crippen LogP contribution in [-0.2, 0) is 14.3 Å². The largest absolute Gasteiger partial charge is 0.481 e. The zero-order valence-corrected chi connectivity index (χ0v) is 10.5. The minimum absolute atomic E-state index is 0.0934. The number of carbonyl (C=O) groups excluding carboxylic acids is 1. The van der Waals surface area contributed by atoms with Crippen molar-refractivity contribution in [2.45, 2.75) is 64.6 Å². The van der Waals surface area contributed by atoms with E-state index in [0.29, 0.717) is 6.42 Å². The number of carbonyl (C=O) groups is 2. The van der Waals surface area contributed by atoms with Crippen molar-refractivity contribution in [2.75, 3.05) is 0 Å². The zero-order valence-electron chi connectivity index (χ0n) is 10.5. The van der Waals surface area contributed by atoms with Crippen LogP contribution in [0.1, 0.15) is 52.4 Å². The molecule has 0 aromatic rings. The molecule has 0 saturated heterocycles. The average Bonchev–Trinajstić information content (AvgIpc) is 2.15. The molecule has 0 aromatic carbocycles. The Bertz CT molecular complexity index is 237. The van der Waals surface area contributed by atoms with Crippen molar-refractivity contribution in [3.8, 4) is 0 Å². The fourth-order valence-electron chi connectivity index (χ4n) is 1.49. The number of unbranched alkanes of at least 4 members (excludes halogenated alkanes) is 2. The molecule has 0 bridgehead atoms. The number of carboxylic acid groups (broad SMARTS) is 1. The summed E-state index contributed by atoms with van der Waals surface area (Å²) in [5.41, 5.74) is 0. The third kappa shape index (κ3) is 9.81. The van der Waals surface area contributed by atoms with Gasteiger partial charge in [-0.3, -0.25) is 9.59 Å². The van der Waals surface area contributed by atoms with Gasteiger partial charge in [-0.25, -0.2) is 0 Å². The number of aliphatic carboxylic acids is 1. The molecule has 17 heavy (non-hydrogen) atoms. The van der Waals surface area contributed by atoms with E-state index in [0.717, 1.165) is 19.3 Å². The van der Waals surface area contributed by atoms with Crippen LogP contribution in [0.25, 0.3) is 0 Å². The van der Waals surface area contributed by atoms with E-state index in [1.54, 1.807) is 0 Å². The van der Waals surface area contributed by atoms with E-state index in [1.807, 2.05) is 6.92 Å². The summed E-state index contributed by atoms with van der Waals surface area (Å²) >= 11 is 0. The van der Waals surface area contributed by atoms with Crippen molar-refractivity contribution in [1.82, 2.24) is 0 Å². The van der Waals surface area contributed by atoms with Gasteiger partial charge in [0, 0.05) is 0 Å². The molecule has 100 valence electrons. The van der Waals surface area contributed by atoms with Gasteiger partial charge < -0.3 is 14.9 Å². The summed E-state index contributed by atoms with van der Waals surface area (Å²) in [5, 5.41) is 17.7. The molecule has 0 rings (SSSR count). The zero-order chi connectivity index (χ0) is 13.3. The second-order valence-corrected chi connectivity index (χ2v) is 4.26. The lowest BCUT2D eigenvalue weighted by molar-refractivity contribution is -0.154. The SMILES string of the molecule is CCCCCC(CC(=O)O)OC(=O)CC(C)O. The second kappa shape index (κ2) is 8.98. The number of carboxylic acids is 1. The molecule has 2 N–H and O–H groups in total. The summed E-state index contributed by atoms with van der Waals surface area (Å²) in [5.74, 6) is -1.51. The number of hydrogen-bond donors (Lipinski definition) is 2. The first-order chi connectivity index (χ1) is 7.95. The number of esters is 1. The van der Waals surface area contributed by atoms with Crippen LogP contribution in [0.4, 0.5) is 0 Å². The van der Waals surface area contributed by atoms with E-state index in [9.17, 15) is 9.59 Å². The first-order valence-corrected chi connectivity index (χ1v) is 6.05. The molecule has 5 heteroatoms. The van der Waals surface area contributed by atoms with Gasteiger partial charge in [-0.15, -0.1) is 0 Å². The van der Waals surface area contributed by atoms with Gasteiger partial charge in [0.05, 0.1) is 18.9 Å². The van der Waals surface area contributed by atoms with Crippen LogP contribution in [-0.4, -0.2) is 34.4 Å². The second-order valence-electron chi connectivity index (χ2n) is 4.26. The summed E-state index contributed by atoms with van der Waals surface area (Å²) in [6, 6.07) is 0. The molecule has 2 atom stereocenters. The predicted molar refractivity (Wildman–Crippen MR) is 62.6 cm³/mol. The van der Waals surface area contributed by atoms with Gasteiger partial charge in [0.15, 0.2) is 0 Å². The lowest BCUT2D eigenvalue weighted by Crippen LogP contribution is -2.23. The average molecular weight is 246 g/mol. The Morgan fingerprint density at radius 2 is 1.88 bits per heavy atom. The van der Waals surface area contributed by atoms with Gasteiger partial charge in [-0.05, 0) is 19.8 Å². The third-order valence-corrected chi connectivity index (χ3v) is 2.29. The molecule has 2 unspecified atom stereocenters. The Kier molecular flexibility index (Phi) is 8.40. The standard InChI is InChI=1S/C12H22O5/c1-3-4-5-6-10(8-11(14)15)17-12(16)7-9(2)13/h9-10,13H,3-8H2,1-2H3,(H,14,15). The van der Waals surface area contributed by atoms with Crippen LogP contribution in [0.2, 0.25) is 0 Å². The van der Waals surface area contributed by atoms with Gasteiger partial charge in [-0.1, -0.05) is 19.8 Å². The van der Waals surface area contributed by atoms with Crippen molar-refractivity contribution >= 4 is 11.9 Å². The molecule has 0 radical (unpaired) electrons. The van der Waals surface area contributed by atoms with Gasteiger partial charge in [0.1, 0.15) is 6.10 Å². The maximum atomic E-state index is 11.3. The maximum absolute atomic E-state index is 11.3. The number of hydrogen-bond acceptors (Lipinski definition) is 4. The molecule has 5 nitrogen and oxygen atoms in total. The number of aliphatic hydroxyl groups is 1. The summed E-state index contributed by atoms with van der Waals surface area (Å²) in [4.78, 5) is 21.9. The Hall–Kier alpha value is -1.10. The highest BCUT2D eigenvalue weighted by atomic mass is 16.5. The number of aliphatic hydroxyl groups excluding tert-OH is 1. The summed E-state index contributed by atoms with van der Waals surface area (Å²) in [7, 11) is 0. The van der Waals surface area contributed by atoms with E-state index in [1.165, 1.54) is 6.92 Å². The molecular formula is C12H22O5. The molecule has 0 heterocycles. The summed E-state index contributed by atoms with van der Waals surface area (Å²) in [6.45, 7) is 3.54. The minimum Gasteiger partial charge on any atom is -0.481 e. The molecule has 0 aliphatic rings. The van der Waals surface area contributed by atoms with E-state index in [4.69, 9.17) is 14.9 Å². The molecule has 0 saturated carbocycles. The number of ether oxygens (including phenoxy) is 1. The molecular weight excluding hydrogens is 224 g/mol. The molecule has 0 spiro atoms. The van der Waals surface area contributed by atoms with E-state index >= 15 is 0 Å². The van der Waals surface area contributed by atoms with Gasteiger partial charge in [0.2, 0.25) is 0 Å². The van der Waals surface area contributed by atoms with Crippen molar-refractivity contribution in [2.24, 2.45) is 0 Å². The molecule has 0 aromatic heterocycles. The van der Waals surface area contributed by atoms with Crippen LogP contribution >= 0.6 is 0 Å². The predicted octanol–water partition coefficient (Wildman–Crippen LogP) is 1.72. The third-order valence-electron chi connectivity index (χ3n) is 2.29. The monoisotopic (exact) mass is 246 g/mol. The first-order valence-electron chi connectivity index (χ1n) is 6.05. The van der Waals surface area contributed by atoms with Crippen LogP contribution in [0.5, 0.6) is 0 Å². The van der Waals surface area contributed by atoms with Gasteiger partial charge >= 0.3 is 11.9 Å². The Morgan fingerprint density at radius 3 is 2.35 bits per heavy atom. The summed E-state index contributed by atoms with van der Waals surface area (Å²) in [6.07, 6.45) is 1.82. The lowest BCUT2D eigenvalue weighted by Gasteiger charge is -2.16. The number of rotatable bonds is 9. The van der Waals surface area contributed by atoms with E-state index in [2.05, 4.69) is 0 Å². The van der Waals surface area contributed by atoms with E-state index < -0.39 is 24.1 Å². The van der Waals surface area contributed by atoms with Crippen molar-refractivity contribution in [1.29, 1.82) is 0 Å². The molecule has 0 amide bonds. The highest BCUT2D eigenvalue weighted by Crippen LogP contribution is 2.12. The molecule has 0 aliphatic heterocycles. The summed E-state index contributed by atoms with van der Waals surface area (Å²) < 4.78 is 5.04. The fourth-order valence-corrected chi connectivity index (χ4v) is 1.49. The van der Waals surface area contributed by atoms with Gasteiger partial charge in [-0.2, -0.15) is 0 Å². The normalized spacial score (nSPS) is 14.1. The maximum Gasteiger partial charge on any atom is 0.308 e. The van der Waals surface area contributed by atoms with E-state index in [-0.39, 0.29) is 12.8 Å². The van der Waals surface area contributed by atoms with Crippen molar-refractivity contribution in [3.05, 3.63) is 0 Å². The topological polar surface area (TPSA) is 83.8 Å². The van der Waals surface area contributed by atoms with Crippen LogP contribution in [0.15, 0.2) is 0 Å². The Morgan fingerprint density at radius 1 is 1.24 bits per heavy atom. The highest BCUT2D eigenvalue weighted by Gasteiger charge is 2.18. The van der Waals surface area contributed by atoms with Crippen LogP contribution < -0.4 is 0 Å². The fraction of sp³-hybridized carbons (Fsp3) is 0.833.